The van der Waals surface area contributed by atoms with Crippen LogP contribution < -0.4 is 10.6 Å². The number of nitrogens with zero attached hydrogens (tertiary/aromatic N) is 4. The Morgan fingerprint density at radius 2 is 1.97 bits per heavy atom. The zero-order valence-electron chi connectivity index (χ0n) is 22.0. The number of piperazine rings is 1. The molecule has 9 heteroatoms. The van der Waals surface area contributed by atoms with Crippen molar-refractivity contribution >= 4 is 11.5 Å². The van der Waals surface area contributed by atoms with E-state index in [1.54, 1.807) is 13.8 Å². The maximum atomic E-state index is 11.0. The van der Waals surface area contributed by atoms with E-state index in [0.717, 1.165) is 49.9 Å². The number of hydrogen-bond acceptors (Lipinski definition) is 9. The van der Waals surface area contributed by atoms with Crippen LogP contribution in [-0.2, 0) is 4.74 Å². The van der Waals surface area contributed by atoms with Gasteiger partial charge in [-0.25, -0.2) is 4.98 Å². The highest BCUT2D eigenvalue weighted by molar-refractivity contribution is 5.64. The largest absolute Gasteiger partial charge is 0.380 e. The molecule has 1 aromatic rings. The van der Waals surface area contributed by atoms with E-state index >= 15 is 0 Å². The van der Waals surface area contributed by atoms with Crippen molar-refractivity contribution in [1.82, 2.24) is 14.8 Å². The van der Waals surface area contributed by atoms with Gasteiger partial charge in [0.1, 0.15) is 11.4 Å². The van der Waals surface area contributed by atoms with Crippen LogP contribution in [0.5, 0.6) is 0 Å². The maximum Gasteiger partial charge on any atom is 0.216 e. The molecule has 1 aromatic heterocycles. The zero-order valence-corrected chi connectivity index (χ0v) is 22.0. The summed E-state index contributed by atoms with van der Waals surface area (Å²) in [5.74, 6) is 1.29. The van der Waals surface area contributed by atoms with Gasteiger partial charge in [-0.3, -0.25) is 9.80 Å². The molecular formula is C26H42N6O3. The van der Waals surface area contributed by atoms with Gasteiger partial charge < -0.3 is 20.5 Å². The van der Waals surface area contributed by atoms with Crippen LogP contribution in [-0.4, -0.2) is 84.3 Å². The molecule has 2 heterocycles. The number of anilines is 2. The molecule has 1 aliphatic heterocycles. The van der Waals surface area contributed by atoms with Gasteiger partial charge in [0.05, 0.1) is 17.5 Å². The highest BCUT2D eigenvalue weighted by Gasteiger charge is 2.26. The summed E-state index contributed by atoms with van der Waals surface area (Å²) >= 11 is 0. The summed E-state index contributed by atoms with van der Waals surface area (Å²) in [6.45, 7) is 14.3. The molecule has 2 aliphatic rings. The lowest BCUT2D eigenvalue weighted by molar-refractivity contribution is -0.217. The lowest BCUT2D eigenvalue weighted by Gasteiger charge is -2.37. The minimum atomic E-state index is -0.832. The first-order valence-corrected chi connectivity index (χ1v) is 12.6. The Bertz CT molecular complexity index is 908. The fourth-order valence-corrected chi connectivity index (χ4v) is 4.36. The van der Waals surface area contributed by atoms with E-state index in [2.05, 4.69) is 51.9 Å². The second-order valence-electron chi connectivity index (χ2n) is 10.4. The summed E-state index contributed by atoms with van der Waals surface area (Å²) in [5, 5.41) is 19.9. The van der Waals surface area contributed by atoms with Crippen LogP contribution in [0.3, 0.4) is 0 Å². The van der Waals surface area contributed by atoms with Crippen molar-refractivity contribution in [3.63, 3.8) is 0 Å². The standard InChI is InChI=1S/C26H42N6O3/c1-18(2)35-25(33)32-13-11-31(12-14-32)16-20-8-7-19(3)21(15-20)22-9-10-23(24(27-6)29-22)28-17-26(4,5)30-34/h7-10,15,18-19,21,25,28,33H,11-14,16-17H2,1-6H3,(H,27,29). The third-order valence-corrected chi connectivity index (χ3v) is 6.55. The predicted molar refractivity (Wildman–Crippen MR) is 142 cm³/mol. The molecule has 9 nitrogen and oxygen atoms in total. The van der Waals surface area contributed by atoms with E-state index in [-0.39, 0.29) is 12.0 Å². The van der Waals surface area contributed by atoms with E-state index in [9.17, 15) is 10.0 Å². The van der Waals surface area contributed by atoms with Gasteiger partial charge in [0.25, 0.3) is 0 Å². The fraction of sp³-hybridized carbons (Fsp3) is 0.654. The van der Waals surface area contributed by atoms with Crippen molar-refractivity contribution in [2.45, 2.75) is 58.6 Å². The zero-order chi connectivity index (χ0) is 25.6. The molecule has 1 fully saturated rings. The van der Waals surface area contributed by atoms with Crippen LogP contribution in [0, 0.1) is 10.8 Å². The predicted octanol–water partition coefficient (Wildman–Crippen LogP) is 3.61. The van der Waals surface area contributed by atoms with Crippen molar-refractivity contribution < 1.29 is 9.84 Å². The van der Waals surface area contributed by atoms with E-state index in [4.69, 9.17) is 9.72 Å². The van der Waals surface area contributed by atoms with Gasteiger partial charge in [0.15, 0.2) is 0 Å². The van der Waals surface area contributed by atoms with Crippen LogP contribution in [0.1, 0.15) is 46.2 Å². The second-order valence-corrected chi connectivity index (χ2v) is 10.4. The van der Waals surface area contributed by atoms with E-state index in [1.807, 2.05) is 31.9 Å². The Morgan fingerprint density at radius 3 is 2.60 bits per heavy atom. The molecule has 35 heavy (non-hydrogen) atoms. The molecule has 1 aliphatic carbocycles. The maximum absolute atomic E-state index is 11.0. The SMILES string of the molecule is CNc1nc(C2C=C(CN3CCN(C(O)OC(C)C)CC3)C=CC2C)ccc1NCC(C)(C)N=O. The molecule has 0 spiro atoms. The first-order chi connectivity index (χ1) is 16.6. The van der Waals surface area contributed by atoms with E-state index < -0.39 is 12.0 Å². The summed E-state index contributed by atoms with van der Waals surface area (Å²) in [6, 6.07) is 4.09. The van der Waals surface area contributed by atoms with Gasteiger partial charge in [0.2, 0.25) is 6.41 Å². The van der Waals surface area contributed by atoms with Gasteiger partial charge in [-0.05, 0) is 51.3 Å². The number of hydrogen-bond donors (Lipinski definition) is 3. The number of allylic oxidation sites excluding steroid dienone is 2. The van der Waals surface area contributed by atoms with Gasteiger partial charge in [-0.2, -0.15) is 4.91 Å². The summed E-state index contributed by atoms with van der Waals surface area (Å²) in [4.78, 5) is 20.3. The lowest BCUT2D eigenvalue weighted by atomic mass is 9.84. The minimum Gasteiger partial charge on any atom is -0.380 e. The normalized spacial score (nSPS) is 22.7. The lowest BCUT2D eigenvalue weighted by Crippen LogP contribution is -2.51. The summed E-state index contributed by atoms with van der Waals surface area (Å²) in [6.07, 6.45) is 6.00. The highest BCUT2D eigenvalue weighted by Crippen LogP contribution is 2.33. The van der Waals surface area contributed by atoms with Crippen LogP contribution in [0.2, 0.25) is 0 Å². The molecule has 0 aromatic carbocycles. The van der Waals surface area contributed by atoms with E-state index in [0.29, 0.717) is 12.5 Å². The number of pyridine rings is 1. The summed E-state index contributed by atoms with van der Waals surface area (Å²) in [7, 11) is 1.86. The Balaban J connectivity index is 1.64. The minimum absolute atomic E-state index is 0.00145. The smallest absolute Gasteiger partial charge is 0.216 e. The molecule has 1 saturated heterocycles. The number of aliphatic hydroxyl groups is 1. The molecule has 0 amide bonds. The number of aromatic nitrogens is 1. The average Bonchev–Trinajstić information content (AvgIpc) is 2.84. The number of nitroso groups, excluding NO2 is 1. The molecule has 0 bridgehead atoms. The van der Waals surface area contributed by atoms with Crippen molar-refractivity contribution in [3.05, 3.63) is 46.5 Å². The molecular weight excluding hydrogens is 444 g/mol. The third kappa shape index (κ3) is 7.57. The molecule has 0 radical (unpaired) electrons. The molecule has 3 unspecified atom stereocenters. The first kappa shape index (κ1) is 27.3. The Hall–Kier alpha value is -2.33. The van der Waals surface area contributed by atoms with Gasteiger partial charge >= 0.3 is 0 Å². The number of aliphatic hydroxyl groups excluding tert-OH is 1. The Labute approximate surface area is 209 Å². The first-order valence-electron chi connectivity index (χ1n) is 12.6. The Kier molecular flexibility index (Phi) is 9.40. The molecule has 3 N–H and O–H groups in total. The van der Waals surface area contributed by atoms with Crippen LogP contribution in [0.4, 0.5) is 11.5 Å². The number of ether oxygens (including phenoxy) is 1. The van der Waals surface area contributed by atoms with Crippen molar-refractivity contribution in [2.24, 2.45) is 11.1 Å². The topological polar surface area (TPSA) is 102 Å². The quantitative estimate of drug-likeness (QED) is 0.322. The Morgan fingerprint density at radius 1 is 1.26 bits per heavy atom. The fourth-order valence-electron chi connectivity index (χ4n) is 4.36. The molecule has 3 rings (SSSR count). The second kappa shape index (κ2) is 12.1. The molecule has 0 saturated carbocycles. The van der Waals surface area contributed by atoms with Crippen molar-refractivity contribution in [1.29, 1.82) is 0 Å². The third-order valence-electron chi connectivity index (χ3n) is 6.55. The molecule has 3 atom stereocenters. The summed E-state index contributed by atoms with van der Waals surface area (Å²) in [5.41, 5.74) is 2.47. The van der Waals surface area contributed by atoms with Crippen LogP contribution in [0.15, 0.2) is 41.1 Å². The van der Waals surface area contributed by atoms with Gasteiger partial charge in [-0.1, -0.05) is 30.3 Å². The van der Waals surface area contributed by atoms with E-state index in [1.165, 1.54) is 5.57 Å². The summed E-state index contributed by atoms with van der Waals surface area (Å²) < 4.78 is 5.52. The van der Waals surface area contributed by atoms with Crippen molar-refractivity contribution in [3.8, 4) is 0 Å². The van der Waals surface area contributed by atoms with Gasteiger partial charge in [0, 0.05) is 52.2 Å². The monoisotopic (exact) mass is 486 g/mol. The van der Waals surface area contributed by atoms with Gasteiger partial charge in [-0.15, -0.1) is 0 Å². The molecule has 194 valence electrons. The average molecular weight is 487 g/mol. The highest BCUT2D eigenvalue weighted by atomic mass is 16.6. The van der Waals surface area contributed by atoms with Crippen molar-refractivity contribution in [2.75, 3.05) is 56.9 Å². The van der Waals surface area contributed by atoms with Crippen LogP contribution in [0.25, 0.3) is 0 Å². The number of rotatable bonds is 11. The van der Waals surface area contributed by atoms with Crippen LogP contribution >= 0.6 is 0 Å². The number of nitrogens with one attached hydrogen (secondary N) is 2.